The summed E-state index contributed by atoms with van der Waals surface area (Å²) in [4.78, 5) is 2.95. The van der Waals surface area contributed by atoms with Crippen molar-refractivity contribution in [1.29, 1.82) is 0 Å². The maximum atomic E-state index is 11.4. The van der Waals surface area contributed by atoms with Crippen LogP contribution in [0.1, 0.15) is 43.0 Å². The summed E-state index contributed by atoms with van der Waals surface area (Å²) < 4.78 is 73.1. The van der Waals surface area contributed by atoms with Gasteiger partial charge in [-0.1, -0.05) is 48.9 Å². The van der Waals surface area contributed by atoms with Crippen LogP contribution in [0.3, 0.4) is 0 Å². The van der Waals surface area contributed by atoms with Gasteiger partial charge >= 0.3 is 29.6 Å². The number of fused-ring (bicyclic) bond motifs is 4. The van der Waals surface area contributed by atoms with Crippen molar-refractivity contribution >= 4 is 75.8 Å². The Hall–Kier alpha value is -1.93. The molecule has 228 valence electrons. The van der Waals surface area contributed by atoms with Crippen LogP contribution in [0.5, 0.6) is 5.75 Å². The Balaban J connectivity index is 0.00000442. The van der Waals surface area contributed by atoms with Gasteiger partial charge in [0.25, 0.3) is 10.1 Å². The van der Waals surface area contributed by atoms with Crippen molar-refractivity contribution in [3.05, 3.63) is 87.6 Å². The fourth-order valence-electron chi connectivity index (χ4n) is 5.28. The number of nitrogens with zero attached hydrogens (tertiary/aromatic N) is 1. The van der Waals surface area contributed by atoms with Gasteiger partial charge in [-0.15, -0.1) is 11.3 Å². The van der Waals surface area contributed by atoms with Crippen molar-refractivity contribution < 1.29 is 60.2 Å². The Kier molecular flexibility index (Phi) is 11.6. The molecule has 4 aromatic rings. The van der Waals surface area contributed by atoms with Crippen molar-refractivity contribution in [3.63, 3.8) is 0 Å². The zero-order chi connectivity index (χ0) is 30.8. The molecular weight excluding hydrogens is 653 g/mol. The number of thiophene rings is 1. The zero-order valence-electron chi connectivity index (χ0n) is 24.5. The summed E-state index contributed by atoms with van der Waals surface area (Å²) in [6.45, 7) is 2.32. The molecule has 0 bridgehead atoms. The maximum Gasteiger partial charge on any atom is 1.00 e. The van der Waals surface area contributed by atoms with Crippen molar-refractivity contribution in [2.24, 2.45) is 0 Å². The first-order chi connectivity index (χ1) is 20.4. The normalized spacial score (nSPS) is 14.7. The minimum Gasteiger partial charge on any atom is -0.748 e. The van der Waals surface area contributed by atoms with Crippen molar-refractivity contribution in [3.8, 4) is 5.75 Å². The van der Waals surface area contributed by atoms with Crippen LogP contribution in [0, 0.1) is 0 Å². The number of allylic oxidation sites excluding steroid dienone is 2. The van der Waals surface area contributed by atoms with Crippen LogP contribution in [0.15, 0.2) is 72.1 Å². The van der Waals surface area contributed by atoms with E-state index in [0.29, 0.717) is 42.3 Å². The maximum absolute atomic E-state index is 11.4. The van der Waals surface area contributed by atoms with E-state index in [2.05, 4.69) is 6.08 Å². The van der Waals surface area contributed by atoms with Gasteiger partial charge in [0.15, 0.2) is 5.75 Å². The minimum atomic E-state index is -4.36. The van der Waals surface area contributed by atoms with Gasteiger partial charge in [0.1, 0.15) is 0 Å². The van der Waals surface area contributed by atoms with Crippen LogP contribution in [-0.2, 0) is 26.7 Å². The predicted octanol–water partition coefficient (Wildman–Crippen LogP) is 4.39. The Morgan fingerprint density at radius 2 is 1.80 bits per heavy atom. The number of ether oxygens (including phenoxy) is 1. The van der Waals surface area contributed by atoms with E-state index in [1.165, 1.54) is 0 Å². The number of hydrogen-bond donors (Lipinski definition) is 1. The van der Waals surface area contributed by atoms with Crippen molar-refractivity contribution in [2.75, 3.05) is 23.0 Å². The van der Waals surface area contributed by atoms with E-state index in [-0.39, 0.29) is 48.3 Å². The summed E-state index contributed by atoms with van der Waals surface area (Å²) in [5.41, 5.74) is 2.85. The first kappa shape index (κ1) is 34.9. The molecule has 1 N–H and O–H groups in total. The summed E-state index contributed by atoms with van der Waals surface area (Å²) in [5.74, 6) is 0.435. The van der Waals surface area contributed by atoms with E-state index in [9.17, 15) is 21.4 Å². The molecule has 0 saturated heterocycles. The molecule has 1 aromatic heterocycles. The summed E-state index contributed by atoms with van der Waals surface area (Å²) in [6, 6.07) is 17.5. The Labute approximate surface area is 289 Å². The molecule has 0 spiro atoms. The largest absolute Gasteiger partial charge is 1.00 e. The van der Waals surface area contributed by atoms with Gasteiger partial charge < -0.3 is 14.2 Å². The van der Waals surface area contributed by atoms with Crippen molar-refractivity contribution in [2.45, 2.75) is 39.0 Å². The molecule has 0 unspecified atom stereocenters. The van der Waals surface area contributed by atoms with E-state index in [1.807, 2.05) is 72.5 Å². The first-order valence-corrected chi connectivity index (χ1v) is 18.3. The third-order valence-electron chi connectivity index (χ3n) is 7.29. The SMILES string of the molecule is CCC(/C=C1\Oc2ccc3ccccc3c2N1CCCS(=O)(=O)[O-])=C\c1sc2ccc(Cl)cc2c1CCCCS(=O)(=O)O.[Na+]. The van der Waals surface area contributed by atoms with E-state index in [1.54, 1.807) is 11.3 Å². The van der Waals surface area contributed by atoms with E-state index < -0.39 is 26.0 Å². The fraction of sp³-hybridized carbons (Fsp3) is 0.290. The van der Waals surface area contributed by atoms with Crippen LogP contribution in [-0.4, -0.2) is 44.0 Å². The summed E-state index contributed by atoms with van der Waals surface area (Å²) >= 11 is 7.94. The average Bonchev–Trinajstić information content (AvgIpc) is 3.46. The second kappa shape index (κ2) is 14.7. The Bertz CT molecular complexity index is 1950. The Morgan fingerprint density at radius 3 is 2.52 bits per heavy atom. The number of unbranched alkanes of at least 4 members (excludes halogenated alkanes) is 1. The molecule has 5 rings (SSSR count). The molecule has 3 aromatic carbocycles. The van der Waals surface area contributed by atoms with Crippen LogP contribution in [0.4, 0.5) is 5.69 Å². The number of rotatable bonds is 12. The molecule has 8 nitrogen and oxygen atoms in total. The molecule has 1 aliphatic rings. The number of anilines is 1. The zero-order valence-corrected chi connectivity index (χ0v) is 29.7. The van der Waals surface area contributed by atoms with Crippen LogP contribution < -0.4 is 39.2 Å². The van der Waals surface area contributed by atoms with E-state index >= 15 is 0 Å². The molecule has 0 amide bonds. The summed E-state index contributed by atoms with van der Waals surface area (Å²) in [5, 5.41) is 3.60. The summed E-state index contributed by atoms with van der Waals surface area (Å²) in [7, 11) is -8.39. The van der Waals surface area contributed by atoms with E-state index in [0.717, 1.165) is 42.6 Å². The average molecular weight is 684 g/mol. The molecule has 0 saturated carbocycles. The van der Waals surface area contributed by atoms with Gasteiger partial charge in [0, 0.05) is 38.4 Å². The molecule has 0 aliphatic carbocycles. The van der Waals surface area contributed by atoms with Gasteiger partial charge in [-0.3, -0.25) is 4.55 Å². The van der Waals surface area contributed by atoms with Gasteiger partial charge in [0.2, 0.25) is 5.88 Å². The van der Waals surface area contributed by atoms with Gasteiger partial charge in [-0.05, 0) is 84.4 Å². The summed E-state index contributed by atoms with van der Waals surface area (Å²) in [6.07, 6.45) is 6.37. The second-order valence-corrected chi connectivity index (χ2v) is 15.0. The molecule has 0 fully saturated rings. The first-order valence-electron chi connectivity index (χ1n) is 13.9. The predicted molar refractivity (Wildman–Crippen MR) is 174 cm³/mol. The molecular formula is C31H31ClNNaO7S3. The molecule has 0 atom stereocenters. The molecule has 2 heterocycles. The smallest absolute Gasteiger partial charge is 0.748 e. The third kappa shape index (κ3) is 8.65. The fourth-order valence-corrected chi connectivity index (χ4v) is 7.71. The quantitative estimate of drug-likeness (QED) is 0.133. The topological polar surface area (TPSA) is 124 Å². The van der Waals surface area contributed by atoms with Crippen LogP contribution in [0.2, 0.25) is 5.02 Å². The molecule has 44 heavy (non-hydrogen) atoms. The third-order valence-corrected chi connectivity index (χ3v) is 10.3. The second-order valence-electron chi connectivity index (χ2n) is 10.4. The molecule has 0 radical (unpaired) electrons. The van der Waals surface area contributed by atoms with Gasteiger partial charge in [-0.2, -0.15) is 8.42 Å². The monoisotopic (exact) mass is 683 g/mol. The number of halogens is 1. The van der Waals surface area contributed by atoms with Gasteiger partial charge in [-0.25, -0.2) is 8.42 Å². The molecule has 1 aliphatic heterocycles. The van der Waals surface area contributed by atoms with Crippen molar-refractivity contribution in [1.82, 2.24) is 0 Å². The minimum absolute atomic E-state index is 0. The molecule has 13 heteroatoms. The standard InChI is InChI=1S/C31H32ClNO7S3.Na/c1-2-21(18-29-25(10-5-6-16-42(34,35)36)26-20-23(32)12-14-28(26)41-29)19-30-33(15-7-17-43(37,38)39)31-24-9-4-3-8-22(24)11-13-27(31)40-30;/h3-4,8-9,11-14,18-20H,2,5-7,10,15-17H2,1H3,(H,34,35,36)(H,37,38,39);/q;+1/p-1/b21-18+,30-19-;. The van der Waals surface area contributed by atoms with E-state index in [4.69, 9.17) is 20.9 Å². The number of benzene rings is 3. The number of hydrogen-bond acceptors (Lipinski definition) is 8. The number of aryl methyl sites for hydroxylation is 1. The van der Waals surface area contributed by atoms with Crippen LogP contribution >= 0.6 is 22.9 Å². The van der Waals surface area contributed by atoms with Crippen LogP contribution in [0.25, 0.3) is 26.9 Å². The Morgan fingerprint density at radius 1 is 1.02 bits per heavy atom. The van der Waals surface area contributed by atoms with Gasteiger partial charge in [0.05, 0.1) is 21.6 Å².